The van der Waals surface area contributed by atoms with E-state index in [-0.39, 0.29) is 23.4 Å². The Balaban J connectivity index is 1.72. The molecule has 0 spiro atoms. The molecule has 0 saturated carbocycles. The molecule has 0 bridgehead atoms. The Labute approximate surface area is 155 Å². The molecule has 4 rings (SSSR count). The van der Waals surface area contributed by atoms with Gasteiger partial charge in [0, 0.05) is 18.5 Å². The van der Waals surface area contributed by atoms with Gasteiger partial charge in [0.25, 0.3) is 5.91 Å². The molecule has 1 fully saturated rings. The highest BCUT2D eigenvalue weighted by atomic mass is 19.1. The third-order valence-electron chi connectivity index (χ3n) is 4.47. The SMILES string of the molecule is O=C(NCC1CCCO1)c1cc2ccccc2oc1=Nc1ccc(F)cc1. The minimum Gasteiger partial charge on any atom is -0.438 e. The number of para-hydroxylation sites is 1. The van der Waals surface area contributed by atoms with E-state index in [1.165, 1.54) is 24.3 Å². The summed E-state index contributed by atoms with van der Waals surface area (Å²) in [7, 11) is 0. The maximum Gasteiger partial charge on any atom is 0.256 e. The highest BCUT2D eigenvalue weighted by molar-refractivity contribution is 5.96. The fraction of sp³-hybridized carbons (Fsp3) is 0.238. The Morgan fingerprint density at radius 3 is 2.78 bits per heavy atom. The lowest BCUT2D eigenvalue weighted by molar-refractivity contribution is 0.0854. The van der Waals surface area contributed by atoms with Crippen molar-refractivity contribution in [2.24, 2.45) is 4.99 Å². The van der Waals surface area contributed by atoms with E-state index in [9.17, 15) is 9.18 Å². The Bertz CT molecular complexity index is 1020. The molecule has 1 aliphatic heterocycles. The molecule has 2 aromatic carbocycles. The van der Waals surface area contributed by atoms with Gasteiger partial charge in [-0.1, -0.05) is 18.2 Å². The topological polar surface area (TPSA) is 63.8 Å². The van der Waals surface area contributed by atoms with Gasteiger partial charge in [-0.2, -0.15) is 0 Å². The zero-order valence-corrected chi connectivity index (χ0v) is 14.7. The quantitative estimate of drug-likeness (QED) is 0.766. The highest BCUT2D eigenvalue weighted by Gasteiger charge is 2.18. The smallest absolute Gasteiger partial charge is 0.256 e. The van der Waals surface area contributed by atoms with Gasteiger partial charge in [0.1, 0.15) is 17.0 Å². The Morgan fingerprint density at radius 1 is 1.19 bits per heavy atom. The van der Waals surface area contributed by atoms with E-state index in [0.29, 0.717) is 23.4 Å². The van der Waals surface area contributed by atoms with Crippen LogP contribution in [0, 0.1) is 5.82 Å². The van der Waals surface area contributed by atoms with Gasteiger partial charge in [-0.05, 0) is 49.2 Å². The summed E-state index contributed by atoms with van der Waals surface area (Å²) < 4.78 is 24.6. The highest BCUT2D eigenvalue weighted by Crippen LogP contribution is 2.16. The molecule has 1 atom stereocenters. The number of carbonyl (C=O) groups is 1. The monoisotopic (exact) mass is 366 g/mol. The Kier molecular flexibility index (Phi) is 4.98. The van der Waals surface area contributed by atoms with E-state index < -0.39 is 0 Å². The van der Waals surface area contributed by atoms with Crippen LogP contribution in [0.5, 0.6) is 0 Å². The molecular formula is C21H19FN2O3. The summed E-state index contributed by atoms with van der Waals surface area (Å²) >= 11 is 0. The van der Waals surface area contributed by atoms with Gasteiger partial charge in [0.05, 0.1) is 11.8 Å². The van der Waals surface area contributed by atoms with Crippen LogP contribution in [-0.4, -0.2) is 25.2 Å². The van der Waals surface area contributed by atoms with Crippen molar-refractivity contribution >= 4 is 22.6 Å². The number of nitrogens with zero attached hydrogens (tertiary/aromatic N) is 1. The number of nitrogens with one attached hydrogen (secondary N) is 1. The van der Waals surface area contributed by atoms with E-state index in [0.717, 1.165) is 24.8 Å². The summed E-state index contributed by atoms with van der Waals surface area (Å²) in [4.78, 5) is 17.2. The maximum atomic E-state index is 13.1. The van der Waals surface area contributed by atoms with Crippen LogP contribution in [0.15, 0.2) is 64.0 Å². The van der Waals surface area contributed by atoms with Crippen LogP contribution in [-0.2, 0) is 4.74 Å². The molecule has 1 unspecified atom stereocenters. The number of benzene rings is 2. The van der Waals surface area contributed by atoms with E-state index in [4.69, 9.17) is 9.15 Å². The summed E-state index contributed by atoms with van der Waals surface area (Å²) in [6.07, 6.45) is 2.00. The lowest BCUT2D eigenvalue weighted by atomic mass is 10.1. The van der Waals surface area contributed by atoms with Crippen molar-refractivity contribution in [1.29, 1.82) is 0 Å². The number of ether oxygens (including phenoxy) is 1. The molecule has 5 nitrogen and oxygen atoms in total. The van der Waals surface area contributed by atoms with Crippen LogP contribution in [0.3, 0.4) is 0 Å². The van der Waals surface area contributed by atoms with Gasteiger partial charge in [0.2, 0.25) is 5.55 Å². The van der Waals surface area contributed by atoms with Gasteiger partial charge in [-0.15, -0.1) is 0 Å². The number of hydrogen-bond acceptors (Lipinski definition) is 4. The maximum absolute atomic E-state index is 13.1. The first-order chi connectivity index (χ1) is 13.2. The lowest BCUT2D eigenvalue weighted by Crippen LogP contribution is -2.34. The van der Waals surface area contributed by atoms with Crippen LogP contribution in [0.1, 0.15) is 23.2 Å². The Hall–Kier alpha value is -2.99. The molecule has 1 N–H and O–H groups in total. The minimum atomic E-state index is -0.348. The van der Waals surface area contributed by atoms with Crippen LogP contribution < -0.4 is 10.9 Å². The van der Waals surface area contributed by atoms with E-state index in [1.807, 2.05) is 24.3 Å². The van der Waals surface area contributed by atoms with Crippen molar-refractivity contribution in [1.82, 2.24) is 5.32 Å². The van der Waals surface area contributed by atoms with Crippen LogP contribution >= 0.6 is 0 Å². The molecule has 1 amide bonds. The third kappa shape index (κ3) is 4.06. The van der Waals surface area contributed by atoms with Crippen molar-refractivity contribution in [2.45, 2.75) is 18.9 Å². The number of fused-ring (bicyclic) bond motifs is 1. The van der Waals surface area contributed by atoms with Gasteiger partial charge in [-0.25, -0.2) is 9.38 Å². The van der Waals surface area contributed by atoms with E-state index in [2.05, 4.69) is 10.3 Å². The van der Waals surface area contributed by atoms with Crippen molar-refractivity contribution in [2.75, 3.05) is 13.2 Å². The third-order valence-corrected chi connectivity index (χ3v) is 4.47. The zero-order valence-electron chi connectivity index (χ0n) is 14.7. The number of amides is 1. The zero-order chi connectivity index (χ0) is 18.6. The number of carbonyl (C=O) groups excluding carboxylic acids is 1. The molecule has 0 aliphatic carbocycles. The van der Waals surface area contributed by atoms with Gasteiger partial charge >= 0.3 is 0 Å². The fourth-order valence-electron chi connectivity index (χ4n) is 3.05. The number of rotatable bonds is 4. The molecule has 27 heavy (non-hydrogen) atoms. The van der Waals surface area contributed by atoms with E-state index in [1.54, 1.807) is 6.07 Å². The van der Waals surface area contributed by atoms with Gasteiger partial charge < -0.3 is 14.5 Å². The summed E-state index contributed by atoms with van der Waals surface area (Å²) in [5, 5.41) is 3.70. The molecule has 1 aromatic heterocycles. The summed E-state index contributed by atoms with van der Waals surface area (Å²) in [5.41, 5.74) is 1.64. The number of hydrogen-bond donors (Lipinski definition) is 1. The second kappa shape index (κ2) is 7.72. The van der Waals surface area contributed by atoms with Crippen molar-refractivity contribution in [3.8, 4) is 0 Å². The predicted octanol–water partition coefficient (Wildman–Crippen LogP) is 3.71. The Morgan fingerprint density at radius 2 is 2.00 bits per heavy atom. The first-order valence-electron chi connectivity index (χ1n) is 8.92. The first kappa shape index (κ1) is 17.4. The molecule has 0 radical (unpaired) electrons. The average Bonchev–Trinajstić information content (AvgIpc) is 3.21. The van der Waals surface area contributed by atoms with Crippen LogP contribution in [0.25, 0.3) is 11.0 Å². The molecule has 3 aromatic rings. The molecule has 138 valence electrons. The summed E-state index contributed by atoms with van der Waals surface area (Å²) in [5.74, 6) is -0.625. The minimum absolute atomic E-state index is 0.0452. The van der Waals surface area contributed by atoms with Gasteiger partial charge in [0.15, 0.2) is 0 Å². The molecule has 1 aliphatic rings. The average molecular weight is 366 g/mol. The summed E-state index contributed by atoms with van der Waals surface area (Å²) in [6.45, 7) is 1.18. The molecule has 2 heterocycles. The second-order valence-corrected chi connectivity index (χ2v) is 6.44. The first-order valence-corrected chi connectivity index (χ1v) is 8.92. The molecular weight excluding hydrogens is 347 g/mol. The van der Waals surface area contributed by atoms with E-state index >= 15 is 0 Å². The van der Waals surface area contributed by atoms with Crippen molar-refractivity contribution in [3.05, 3.63) is 71.5 Å². The van der Waals surface area contributed by atoms with Crippen LogP contribution in [0.2, 0.25) is 0 Å². The lowest BCUT2D eigenvalue weighted by Gasteiger charge is -2.11. The molecule has 1 saturated heterocycles. The summed E-state index contributed by atoms with van der Waals surface area (Å²) in [6, 6.07) is 14.9. The fourth-order valence-corrected chi connectivity index (χ4v) is 3.05. The standard InChI is InChI=1S/C21H19FN2O3/c22-15-7-9-16(10-8-15)24-21-18(12-14-4-1-2-6-19(14)27-21)20(25)23-13-17-5-3-11-26-17/h1-2,4,6-10,12,17H,3,5,11,13H2,(H,23,25). The normalized spacial score (nSPS) is 17.4. The largest absolute Gasteiger partial charge is 0.438 e. The second-order valence-electron chi connectivity index (χ2n) is 6.44. The van der Waals surface area contributed by atoms with Crippen molar-refractivity contribution in [3.63, 3.8) is 0 Å². The number of halogens is 1. The van der Waals surface area contributed by atoms with Crippen molar-refractivity contribution < 1.29 is 18.3 Å². The van der Waals surface area contributed by atoms with Crippen LogP contribution in [0.4, 0.5) is 10.1 Å². The molecule has 6 heteroatoms. The van der Waals surface area contributed by atoms with Gasteiger partial charge in [-0.3, -0.25) is 4.79 Å². The predicted molar refractivity (Wildman–Crippen MR) is 99.1 cm³/mol.